The van der Waals surface area contributed by atoms with Gasteiger partial charge in [-0.3, -0.25) is 4.79 Å². The largest absolute Gasteiger partial charge is 0.507 e. The highest BCUT2D eigenvalue weighted by Crippen LogP contribution is 2.26. The Morgan fingerprint density at radius 2 is 2.26 bits per heavy atom. The van der Waals surface area contributed by atoms with Crippen LogP contribution in [-0.2, 0) is 0 Å². The lowest BCUT2D eigenvalue weighted by Crippen LogP contribution is -2.48. The second-order valence-electron chi connectivity index (χ2n) is 5.18. The van der Waals surface area contributed by atoms with E-state index in [1.54, 1.807) is 6.07 Å². The van der Waals surface area contributed by atoms with Crippen molar-refractivity contribution in [3.8, 4) is 5.75 Å². The van der Waals surface area contributed by atoms with Crippen LogP contribution in [0.1, 0.15) is 35.2 Å². The maximum atomic E-state index is 12.6. The molecule has 0 radical (unpaired) electrons. The lowest BCUT2D eigenvalue weighted by molar-refractivity contribution is 0.0612. The molecule has 1 aliphatic rings. The summed E-state index contributed by atoms with van der Waals surface area (Å²) in [6.07, 6.45) is 3.23. The summed E-state index contributed by atoms with van der Waals surface area (Å²) in [5.74, 6) is 0.0578. The van der Waals surface area contributed by atoms with E-state index >= 15 is 0 Å². The fourth-order valence-electron chi connectivity index (χ4n) is 2.70. The van der Waals surface area contributed by atoms with Gasteiger partial charge < -0.3 is 15.3 Å². The SMILES string of the molecule is CNCC1CCCCN1C(=O)c1cccc(C)c1O. The van der Waals surface area contributed by atoms with Crippen molar-refractivity contribution in [2.45, 2.75) is 32.2 Å². The molecule has 0 saturated carbocycles. The molecular weight excluding hydrogens is 240 g/mol. The molecule has 1 unspecified atom stereocenters. The normalized spacial score (nSPS) is 19.5. The van der Waals surface area contributed by atoms with Crippen molar-refractivity contribution in [2.75, 3.05) is 20.1 Å². The number of rotatable bonds is 3. The van der Waals surface area contributed by atoms with Crippen LogP contribution in [0, 0.1) is 6.92 Å². The van der Waals surface area contributed by atoms with Crippen LogP contribution in [-0.4, -0.2) is 42.1 Å². The van der Waals surface area contributed by atoms with Crippen LogP contribution < -0.4 is 5.32 Å². The third kappa shape index (κ3) is 2.89. The minimum atomic E-state index is -0.0545. The van der Waals surface area contributed by atoms with Gasteiger partial charge in [-0.15, -0.1) is 0 Å². The van der Waals surface area contributed by atoms with E-state index in [4.69, 9.17) is 0 Å². The zero-order valence-corrected chi connectivity index (χ0v) is 11.6. The number of nitrogens with one attached hydrogen (secondary N) is 1. The van der Waals surface area contributed by atoms with Gasteiger partial charge in [-0.05, 0) is 44.9 Å². The molecule has 1 aromatic rings. The quantitative estimate of drug-likeness (QED) is 0.875. The third-order valence-electron chi connectivity index (χ3n) is 3.80. The maximum Gasteiger partial charge on any atom is 0.257 e. The summed E-state index contributed by atoms with van der Waals surface area (Å²) in [6, 6.07) is 5.56. The van der Waals surface area contributed by atoms with Gasteiger partial charge in [0.15, 0.2) is 0 Å². The molecule has 104 valence electrons. The molecule has 0 aliphatic carbocycles. The number of para-hydroxylation sites is 1. The Balaban J connectivity index is 2.23. The Hall–Kier alpha value is -1.55. The molecule has 0 spiro atoms. The predicted molar refractivity (Wildman–Crippen MR) is 75.4 cm³/mol. The van der Waals surface area contributed by atoms with Gasteiger partial charge in [0, 0.05) is 19.1 Å². The highest BCUT2D eigenvalue weighted by Gasteiger charge is 2.28. The van der Waals surface area contributed by atoms with E-state index in [1.807, 2.05) is 31.0 Å². The Bertz CT molecular complexity index is 457. The average Bonchev–Trinajstić information content (AvgIpc) is 2.42. The van der Waals surface area contributed by atoms with E-state index in [0.717, 1.165) is 37.9 Å². The number of phenols is 1. The number of carbonyl (C=O) groups is 1. The average molecular weight is 262 g/mol. The van der Waals surface area contributed by atoms with E-state index in [9.17, 15) is 9.90 Å². The zero-order chi connectivity index (χ0) is 13.8. The van der Waals surface area contributed by atoms with Gasteiger partial charge in [-0.1, -0.05) is 12.1 Å². The number of piperidine rings is 1. The fourth-order valence-corrected chi connectivity index (χ4v) is 2.70. The summed E-state index contributed by atoms with van der Waals surface area (Å²) in [5.41, 5.74) is 1.16. The number of likely N-dealkylation sites (tertiary alicyclic amines) is 1. The van der Waals surface area contributed by atoms with E-state index < -0.39 is 0 Å². The first-order chi connectivity index (χ1) is 9.15. The maximum absolute atomic E-state index is 12.6. The van der Waals surface area contributed by atoms with Crippen molar-refractivity contribution in [1.82, 2.24) is 10.2 Å². The summed E-state index contributed by atoms with van der Waals surface area (Å²) in [4.78, 5) is 14.5. The van der Waals surface area contributed by atoms with Crippen LogP contribution in [0.3, 0.4) is 0 Å². The molecule has 1 saturated heterocycles. The molecule has 0 aromatic heterocycles. The number of aromatic hydroxyl groups is 1. The first-order valence-electron chi connectivity index (χ1n) is 6.89. The first-order valence-corrected chi connectivity index (χ1v) is 6.89. The molecule has 1 heterocycles. The van der Waals surface area contributed by atoms with Crippen LogP contribution in [0.15, 0.2) is 18.2 Å². The van der Waals surface area contributed by atoms with Crippen molar-refractivity contribution < 1.29 is 9.90 Å². The Morgan fingerprint density at radius 3 is 3.00 bits per heavy atom. The summed E-state index contributed by atoms with van der Waals surface area (Å²) >= 11 is 0. The Labute approximate surface area is 114 Å². The number of nitrogens with zero attached hydrogens (tertiary/aromatic N) is 1. The van der Waals surface area contributed by atoms with Crippen LogP contribution in [0.4, 0.5) is 0 Å². The third-order valence-corrected chi connectivity index (χ3v) is 3.80. The van der Waals surface area contributed by atoms with Crippen LogP contribution in [0.2, 0.25) is 0 Å². The molecule has 1 fully saturated rings. The topological polar surface area (TPSA) is 52.6 Å². The molecule has 1 aromatic carbocycles. The Kier molecular flexibility index (Phi) is 4.43. The number of aryl methyl sites for hydroxylation is 1. The molecule has 19 heavy (non-hydrogen) atoms. The number of phenolic OH excluding ortho intramolecular Hbond substituents is 1. The molecule has 4 heteroatoms. The minimum absolute atomic E-state index is 0.0545. The summed E-state index contributed by atoms with van der Waals surface area (Å²) in [5, 5.41) is 13.2. The van der Waals surface area contributed by atoms with E-state index in [-0.39, 0.29) is 17.7 Å². The molecule has 1 atom stereocenters. The smallest absolute Gasteiger partial charge is 0.257 e. The van der Waals surface area contributed by atoms with Crippen molar-refractivity contribution in [3.63, 3.8) is 0 Å². The number of hydrogen-bond donors (Lipinski definition) is 2. The lowest BCUT2D eigenvalue weighted by Gasteiger charge is -2.36. The molecule has 1 amide bonds. The molecular formula is C15H22N2O2. The number of benzene rings is 1. The minimum Gasteiger partial charge on any atom is -0.507 e. The zero-order valence-electron chi connectivity index (χ0n) is 11.6. The van der Waals surface area contributed by atoms with Crippen LogP contribution in [0.5, 0.6) is 5.75 Å². The lowest BCUT2D eigenvalue weighted by atomic mass is 10.00. The van der Waals surface area contributed by atoms with Crippen molar-refractivity contribution in [1.29, 1.82) is 0 Å². The van der Waals surface area contributed by atoms with E-state index in [0.29, 0.717) is 5.56 Å². The van der Waals surface area contributed by atoms with Gasteiger partial charge in [-0.2, -0.15) is 0 Å². The Morgan fingerprint density at radius 1 is 1.47 bits per heavy atom. The summed E-state index contributed by atoms with van der Waals surface area (Å²) in [6.45, 7) is 3.39. The van der Waals surface area contributed by atoms with Gasteiger partial charge in [-0.25, -0.2) is 0 Å². The number of hydrogen-bond acceptors (Lipinski definition) is 3. The highest BCUT2D eigenvalue weighted by molar-refractivity contribution is 5.97. The standard InChI is InChI=1S/C15H22N2O2/c1-11-6-5-8-13(14(11)18)15(19)17-9-4-3-7-12(17)10-16-2/h5-6,8,12,16,18H,3-4,7,9-10H2,1-2H3. The van der Waals surface area contributed by atoms with Gasteiger partial charge in [0.25, 0.3) is 5.91 Å². The van der Waals surface area contributed by atoms with Gasteiger partial charge in [0.05, 0.1) is 5.56 Å². The van der Waals surface area contributed by atoms with Crippen LogP contribution in [0.25, 0.3) is 0 Å². The second-order valence-corrected chi connectivity index (χ2v) is 5.18. The van der Waals surface area contributed by atoms with Gasteiger partial charge in [0.2, 0.25) is 0 Å². The fraction of sp³-hybridized carbons (Fsp3) is 0.533. The molecule has 2 N–H and O–H groups in total. The number of amides is 1. The molecule has 2 rings (SSSR count). The summed E-state index contributed by atoms with van der Waals surface area (Å²) in [7, 11) is 1.90. The van der Waals surface area contributed by atoms with Crippen molar-refractivity contribution in [2.24, 2.45) is 0 Å². The summed E-state index contributed by atoms with van der Waals surface area (Å²) < 4.78 is 0. The van der Waals surface area contributed by atoms with Crippen LogP contribution >= 0.6 is 0 Å². The second kappa shape index (κ2) is 6.06. The number of carbonyl (C=O) groups excluding carboxylic acids is 1. The number of likely N-dealkylation sites (N-methyl/N-ethyl adjacent to an activating group) is 1. The molecule has 1 aliphatic heterocycles. The highest BCUT2D eigenvalue weighted by atomic mass is 16.3. The predicted octanol–water partition coefficient (Wildman–Crippen LogP) is 1.91. The van der Waals surface area contributed by atoms with Gasteiger partial charge in [0.1, 0.15) is 5.75 Å². The van der Waals surface area contributed by atoms with E-state index in [1.165, 1.54) is 0 Å². The molecule has 0 bridgehead atoms. The van der Waals surface area contributed by atoms with Gasteiger partial charge >= 0.3 is 0 Å². The first kappa shape index (κ1) is 13.9. The van der Waals surface area contributed by atoms with Crippen molar-refractivity contribution in [3.05, 3.63) is 29.3 Å². The van der Waals surface area contributed by atoms with E-state index in [2.05, 4.69) is 5.32 Å². The monoisotopic (exact) mass is 262 g/mol. The molecule has 4 nitrogen and oxygen atoms in total. The van der Waals surface area contributed by atoms with Crippen molar-refractivity contribution >= 4 is 5.91 Å².